The standard InChI is InChI=1S/C27H36O2/c1-4-5-6-7-21-8-10-22(11-9-21)23-12-14-24(15-13-23)26-16-25(20(2)19-28)17-27(18-26)29-3/h12-18,21-22,28H,2,4-11,19H2,1,3H3. The van der Waals surface area contributed by atoms with E-state index < -0.39 is 0 Å². The van der Waals surface area contributed by atoms with Gasteiger partial charge in [-0.1, -0.05) is 63.5 Å². The number of unbranched alkanes of at least 4 members (excludes halogenated alkanes) is 2. The van der Waals surface area contributed by atoms with Crippen LogP contribution < -0.4 is 4.74 Å². The fraction of sp³-hybridized carbons (Fsp3) is 0.481. The molecule has 0 radical (unpaired) electrons. The fourth-order valence-electron chi connectivity index (χ4n) is 4.59. The second-order valence-corrected chi connectivity index (χ2v) is 8.55. The molecule has 0 heterocycles. The first kappa shape index (κ1) is 21.6. The van der Waals surface area contributed by atoms with Crippen LogP contribution in [0.1, 0.15) is 75.3 Å². The van der Waals surface area contributed by atoms with E-state index in [2.05, 4.69) is 43.8 Å². The Bertz CT molecular complexity index is 783. The van der Waals surface area contributed by atoms with Crippen molar-refractivity contribution < 1.29 is 9.84 Å². The summed E-state index contributed by atoms with van der Waals surface area (Å²) in [5, 5.41) is 9.43. The SMILES string of the molecule is C=C(CO)c1cc(OC)cc(-c2ccc(C3CCC(CCCCC)CC3)cc2)c1. The molecular weight excluding hydrogens is 356 g/mol. The maximum atomic E-state index is 9.43. The van der Waals surface area contributed by atoms with Crippen molar-refractivity contribution in [3.63, 3.8) is 0 Å². The molecule has 1 saturated carbocycles. The lowest BCUT2D eigenvalue weighted by atomic mass is 9.77. The summed E-state index contributed by atoms with van der Waals surface area (Å²) in [7, 11) is 1.67. The predicted molar refractivity (Wildman–Crippen MR) is 123 cm³/mol. The van der Waals surface area contributed by atoms with E-state index in [0.717, 1.165) is 22.8 Å². The lowest BCUT2D eigenvalue weighted by Crippen LogP contribution is -2.13. The number of benzene rings is 2. The van der Waals surface area contributed by atoms with E-state index in [1.165, 1.54) is 62.5 Å². The molecule has 0 saturated heterocycles. The molecule has 0 amide bonds. The Labute approximate surface area is 176 Å². The monoisotopic (exact) mass is 392 g/mol. The van der Waals surface area contributed by atoms with Gasteiger partial charge in [0.05, 0.1) is 13.7 Å². The summed E-state index contributed by atoms with van der Waals surface area (Å²) in [6, 6.07) is 15.1. The molecule has 1 aliphatic rings. The van der Waals surface area contributed by atoms with Gasteiger partial charge in [0.1, 0.15) is 5.75 Å². The highest BCUT2D eigenvalue weighted by Crippen LogP contribution is 2.38. The van der Waals surface area contributed by atoms with Crippen molar-refractivity contribution in [2.45, 2.75) is 64.2 Å². The maximum absolute atomic E-state index is 9.43. The quantitative estimate of drug-likeness (QED) is 0.456. The van der Waals surface area contributed by atoms with E-state index in [-0.39, 0.29) is 6.61 Å². The summed E-state index contributed by atoms with van der Waals surface area (Å²) in [5.74, 6) is 2.45. The van der Waals surface area contributed by atoms with E-state index in [4.69, 9.17) is 4.74 Å². The Hall–Kier alpha value is -2.06. The molecule has 2 heteroatoms. The van der Waals surface area contributed by atoms with Crippen LogP contribution in [0.4, 0.5) is 0 Å². The van der Waals surface area contributed by atoms with Gasteiger partial charge >= 0.3 is 0 Å². The summed E-state index contributed by atoms with van der Waals surface area (Å²) < 4.78 is 5.45. The van der Waals surface area contributed by atoms with Crippen molar-refractivity contribution in [2.75, 3.05) is 13.7 Å². The Morgan fingerprint density at radius 3 is 2.34 bits per heavy atom. The third kappa shape index (κ3) is 5.73. The molecule has 0 aliphatic heterocycles. The zero-order valence-electron chi connectivity index (χ0n) is 18.1. The van der Waals surface area contributed by atoms with Crippen molar-refractivity contribution in [3.05, 3.63) is 60.2 Å². The first-order valence-corrected chi connectivity index (χ1v) is 11.2. The van der Waals surface area contributed by atoms with Gasteiger partial charge in [-0.25, -0.2) is 0 Å². The first-order chi connectivity index (χ1) is 14.1. The molecule has 2 aromatic carbocycles. The Kier molecular flexibility index (Phi) is 7.94. The Morgan fingerprint density at radius 1 is 1.00 bits per heavy atom. The van der Waals surface area contributed by atoms with E-state index >= 15 is 0 Å². The number of ether oxygens (including phenoxy) is 1. The minimum absolute atomic E-state index is 0.0489. The van der Waals surface area contributed by atoms with Crippen molar-refractivity contribution in [2.24, 2.45) is 5.92 Å². The average molecular weight is 393 g/mol. The molecule has 0 atom stereocenters. The highest BCUT2D eigenvalue weighted by atomic mass is 16.5. The van der Waals surface area contributed by atoms with Gasteiger partial charge in [0.25, 0.3) is 0 Å². The fourth-order valence-corrected chi connectivity index (χ4v) is 4.59. The third-order valence-corrected chi connectivity index (χ3v) is 6.52. The second-order valence-electron chi connectivity index (χ2n) is 8.55. The Morgan fingerprint density at radius 2 is 1.72 bits per heavy atom. The number of hydrogen-bond donors (Lipinski definition) is 1. The maximum Gasteiger partial charge on any atom is 0.120 e. The molecule has 2 aromatic rings. The molecule has 0 bridgehead atoms. The van der Waals surface area contributed by atoms with E-state index in [0.29, 0.717) is 11.5 Å². The zero-order chi connectivity index (χ0) is 20.6. The predicted octanol–water partition coefficient (Wildman–Crippen LogP) is 7.22. The van der Waals surface area contributed by atoms with Crippen LogP contribution >= 0.6 is 0 Å². The molecule has 1 N–H and O–H groups in total. The van der Waals surface area contributed by atoms with E-state index in [1.54, 1.807) is 7.11 Å². The van der Waals surface area contributed by atoms with Crippen LogP contribution in [-0.2, 0) is 0 Å². The lowest BCUT2D eigenvalue weighted by Gasteiger charge is -2.29. The third-order valence-electron chi connectivity index (χ3n) is 6.52. The molecular formula is C27H36O2. The summed E-state index contributed by atoms with van der Waals surface area (Å²) in [5.41, 5.74) is 5.38. The normalized spacial score (nSPS) is 19.1. The molecule has 0 spiro atoms. The molecule has 0 unspecified atom stereocenters. The highest BCUT2D eigenvalue weighted by molar-refractivity contribution is 5.74. The van der Waals surface area contributed by atoms with Crippen molar-refractivity contribution >= 4 is 5.57 Å². The summed E-state index contributed by atoms with van der Waals surface area (Å²) in [6.07, 6.45) is 11.0. The van der Waals surface area contributed by atoms with Gasteiger partial charge in [0.2, 0.25) is 0 Å². The molecule has 156 valence electrons. The lowest BCUT2D eigenvalue weighted by molar-refractivity contribution is 0.303. The second kappa shape index (κ2) is 10.6. The smallest absolute Gasteiger partial charge is 0.120 e. The van der Waals surface area contributed by atoms with E-state index in [9.17, 15) is 5.11 Å². The van der Waals surface area contributed by atoms with Gasteiger partial charge < -0.3 is 9.84 Å². The molecule has 1 aliphatic carbocycles. The van der Waals surface area contributed by atoms with Crippen LogP contribution in [0.15, 0.2) is 49.0 Å². The van der Waals surface area contributed by atoms with Gasteiger partial charge in [-0.05, 0) is 83.5 Å². The molecule has 0 aromatic heterocycles. The van der Waals surface area contributed by atoms with Crippen LogP contribution in [-0.4, -0.2) is 18.8 Å². The number of aliphatic hydroxyl groups excluding tert-OH is 1. The number of methoxy groups -OCH3 is 1. The van der Waals surface area contributed by atoms with Crippen molar-refractivity contribution in [1.82, 2.24) is 0 Å². The summed E-state index contributed by atoms with van der Waals surface area (Å²) in [6.45, 7) is 6.19. The van der Waals surface area contributed by atoms with Gasteiger partial charge in [-0.2, -0.15) is 0 Å². The van der Waals surface area contributed by atoms with Gasteiger partial charge in [0.15, 0.2) is 0 Å². The topological polar surface area (TPSA) is 29.5 Å². The van der Waals surface area contributed by atoms with Crippen molar-refractivity contribution in [1.29, 1.82) is 0 Å². The highest BCUT2D eigenvalue weighted by Gasteiger charge is 2.22. The minimum Gasteiger partial charge on any atom is -0.497 e. The minimum atomic E-state index is -0.0489. The first-order valence-electron chi connectivity index (χ1n) is 11.2. The van der Waals surface area contributed by atoms with Crippen LogP contribution in [0.5, 0.6) is 5.75 Å². The number of hydrogen-bond acceptors (Lipinski definition) is 2. The largest absolute Gasteiger partial charge is 0.497 e. The van der Waals surface area contributed by atoms with Crippen molar-refractivity contribution in [3.8, 4) is 16.9 Å². The zero-order valence-corrected chi connectivity index (χ0v) is 18.1. The van der Waals surface area contributed by atoms with Crippen LogP contribution in [0, 0.1) is 5.92 Å². The molecule has 2 nitrogen and oxygen atoms in total. The molecule has 1 fully saturated rings. The number of rotatable bonds is 9. The molecule has 29 heavy (non-hydrogen) atoms. The van der Waals surface area contributed by atoms with Crippen LogP contribution in [0.25, 0.3) is 16.7 Å². The van der Waals surface area contributed by atoms with Gasteiger partial charge in [-0.15, -0.1) is 0 Å². The molecule has 3 rings (SSSR count). The number of aliphatic hydroxyl groups is 1. The average Bonchev–Trinajstić information content (AvgIpc) is 2.79. The van der Waals surface area contributed by atoms with Gasteiger partial charge in [0, 0.05) is 0 Å². The van der Waals surface area contributed by atoms with Crippen LogP contribution in [0.3, 0.4) is 0 Å². The Balaban J connectivity index is 1.67. The van der Waals surface area contributed by atoms with E-state index in [1.807, 2.05) is 12.1 Å². The van der Waals surface area contributed by atoms with Crippen LogP contribution in [0.2, 0.25) is 0 Å². The summed E-state index contributed by atoms with van der Waals surface area (Å²) in [4.78, 5) is 0. The van der Waals surface area contributed by atoms with Gasteiger partial charge in [-0.3, -0.25) is 0 Å². The summed E-state index contributed by atoms with van der Waals surface area (Å²) >= 11 is 0.